The van der Waals surface area contributed by atoms with E-state index in [1.807, 2.05) is 12.1 Å². The van der Waals surface area contributed by atoms with Gasteiger partial charge in [-0.3, -0.25) is 24.6 Å². The number of fused-ring (bicyclic) bond motifs is 1. The number of piperidine rings is 2. The van der Waals surface area contributed by atoms with Crippen LogP contribution in [-0.4, -0.2) is 46.1 Å². The van der Waals surface area contributed by atoms with Gasteiger partial charge in [-0.1, -0.05) is 44.2 Å². The second-order valence-corrected chi connectivity index (χ2v) is 11.4. The molecule has 0 bridgehead atoms. The number of carbonyl (C=O) groups excluding carboxylic acids is 3. The Balaban J connectivity index is 1.22. The summed E-state index contributed by atoms with van der Waals surface area (Å²) >= 11 is 0. The fraction of sp³-hybridized carbons (Fsp3) is 0.483. The van der Waals surface area contributed by atoms with E-state index in [0.29, 0.717) is 29.8 Å². The molecule has 3 amide bonds. The van der Waals surface area contributed by atoms with Gasteiger partial charge < -0.3 is 9.64 Å². The van der Waals surface area contributed by atoms with E-state index in [2.05, 4.69) is 48.3 Å². The summed E-state index contributed by atoms with van der Waals surface area (Å²) in [7, 11) is 0. The van der Waals surface area contributed by atoms with Gasteiger partial charge in [-0.15, -0.1) is 0 Å². The smallest absolute Gasteiger partial charge is 0.255 e. The van der Waals surface area contributed by atoms with Gasteiger partial charge in [0.2, 0.25) is 5.91 Å². The predicted molar refractivity (Wildman–Crippen MR) is 136 cm³/mol. The molecule has 3 aliphatic heterocycles. The quantitative estimate of drug-likeness (QED) is 0.620. The molecule has 1 N–H and O–H groups in total. The molecule has 7 nitrogen and oxygen atoms in total. The van der Waals surface area contributed by atoms with Gasteiger partial charge >= 0.3 is 0 Å². The number of hydrogen-bond donors (Lipinski definition) is 1. The first-order chi connectivity index (χ1) is 17.1. The summed E-state index contributed by atoms with van der Waals surface area (Å²) in [4.78, 5) is 41.6. The molecule has 3 aliphatic rings. The summed E-state index contributed by atoms with van der Waals surface area (Å²) in [6.45, 7) is 10.4. The highest BCUT2D eigenvalue weighted by atomic mass is 16.5. The number of nitrogens with zero attached hydrogens (tertiary/aromatic N) is 2. The fourth-order valence-electron chi connectivity index (χ4n) is 5.37. The lowest BCUT2D eigenvalue weighted by Gasteiger charge is -2.39. The molecule has 36 heavy (non-hydrogen) atoms. The molecule has 5 rings (SSSR count). The molecular formula is C29H35N3O4. The number of benzene rings is 2. The average molecular weight is 490 g/mol. The topological polar surface area (TPSA) is 79.0 Å². The molecule has 0 aliphatic carbocycles. The lowest BCUT2D eigenvalue weighted by molar-refractivity contribution is -0.142. The van der Waals surface area contributed by atoms with E-state index in [-0.39, 0.29) is 24.8 Å². The Morgan fingerprint density at radius 2 is 1.61 bits per heavy atom. The average Bonchev–Trinajstić information content (AvgIpc) is 3.20. The molecular weight excluding hydrogens is 454 g/mol. The molecule has 0 spiro atoms. The van der Waals surface area contributed by atoms with Crippen LogP contribution in [-0.2, 0) is 29.3 Å². The van der Waals surface area contributed by atoms with Crippen LogP contribution >= 0.6 is 0 Å². The Labute approximate surface area is 212 Å². The lowest BCUT2D eigenvalue weighted by atomic mass is 9.82. The first-order valence-electron chi connectivity index (χ1n) is 12.9. The van der Waals surface area contributed by atoms with E-state index in [1.165, 1.54) is 18.4 Å². The van der Waals surface area contributed by atoms with Crippen LogP contribution in [0.1, 0.15) is 73.5 Å². The van der Waals surface area contributed by atoms with Gasteiger partial charge in [-0.25, -0.2) is 0 Å². The normalized spacial score (nSPS) is 24.0. The van der Waals surface area contributed by atoms with E-state index < -0.39 is 11.4 Å². The molecule has 2 saturated heterocycles. The van der Waals surface area contributed by atoms with Crippen LogP contribution in [0.5, 0.6) is 5.75 Å². The van der Waals surface area contributed by atoms with Gasteiger partial charge in [-0.2, -0.15) is 0 Å². The fourth-order valence-corrected chi connectivity index (χ4v) is 5.37. The maximum atomic E-state index is 13.2. The lowest BCUT2D eigenvalue weighted by Crippen LogP contribution is -2.61. The minimum absolute atomic E-state index is 0.201. The number of hydrogen-bond acceptors (Lipinski definition) is 5. The van der Waals surface area contributed by atoms with E-state index in [1.54, 1.807) is 17.9 Å². The van der Waals surface area contributed by atoms with Gasteiger partial charge in [0.1, 0.15) is 17.9 Å². The predicted octanol–water partition coefficient (Wildman–Crippen LogP) is 4.04. The molecule has 0 radical (unpaired) electrons. The highest BCUT2D eigenvalue weighted by Crippen LogP contribution is 2.38. The molecule has 2 aromatic rings. The van der Waals surface area contributed by atoms with Gasteiger partial charge in [0.15, 0.2) is 0 Å². The minimum atomic E-state index is -1.05. The SMILES string of the molecule is CC1(C)CCN(Cc2ccc(COc3cccc4c3CN(C3(C)CCC(=O)NC3=O)C4=O)cc2)CC1. The van der Waals surface area contributed by atoms with Gasteiger partial charge in [-0.05, 0) is 68.0 Å². The summed E-state index contributed by atoms with van der Waals surface area (Å²) in [6.07, 6.45) is 3.01. The van der Waals surface area contributed by atoms with E-state index in [9.17, 15) is 14.4 Å². The number of likely N-dealkylation sites (tertiary alicyclic amines) is 1. The monoisotopic (exact) mass is 489 g/mol. The summed E-state index contributed by atoms with van der Waals surface area (Å²) in [5, 5.41) is 2.38. The first kappa shape index (κ1) is 24.5. The van der Waals surface area contributed by atoms with Crippen LogP contribution in [0, 0.1) is 5.41 Å². The summed E-state index contributed by atoms with van der Waals surface area (Å²) in [5.74, 6) is -0.264. The standard InChI is InChI=1S/C29H35N3O4/c1-28(2)13-15-31(16-14-28)17-20-7-9-21(10-8-20)19-36-24-6-4-5-22-23(24)18-32(26(22)34)29(3)12-11-25(33)30-27(29)35/h4-10H,11-19H2,1-3H3,(H,30,33,35). The van der Waals surface area contributed by atoms with Crippen LogP contribution in [0.25, 0.3) is 0 Å². The van der Waals surface area contributed by atoms with Crippen molar-refractivity contribution in [3.8, 4) is 5.75 Å². The highest BCUT2D eigenvalue weighted by Gasteiger charge is 2.49. The Bertz CT molecular complexity index is 1180. The van der Waals surface area contributed by atoms with Crippen molar-refractivity contribution in [1.82, 2.24) is 15.1 Å². The third-order valence-electron chi connectivity index (χ3n) is 8.13. The summed E-state index contributed by atoms with van der Waals surface area (Å²) in [5.41, 5.74) is 3.11. The zero-order valence-corrected chi connectivity index (χ0v) is 21.4. The zero-order chi connectivity index (χ0) is 25.5. The van der Waals surface area contributed by atoms with Crippen LogP contribution < -0.4 is 10.1 Å². The summed E-state index contributed by atoms with van der Waals surface area (Å²) in [6, 6.07) is 14.0. The Morgan fingerprint density at radius 3 is 2.31 bits per heavy atom. The Morgan fingerprint density at radius 1 is 0.917 bits per heavy atom. The van der Waals surface area contributed by atoms with Crippen molar-refractivity contribution in [3.63, 3.8) is 0 Å². The summed E-state index contributed by atoms with van der Waals surface area (Å²) < 4.78 is 6.16. The van der Waals surface area contributed by atoms with Crippen molar-refractivity contribution in [2.24, 2.45) is 5.41 Å². The highest BCUT2D eigenvalue weighted by molar-refractivity contribution is 6.07. The number of ether oxygens (including phenoxy) is 1. The van der Waals surface area contributed by atoms with Gasteiger partial charge in [0, 0.05) is 24.1 Å². The largest absolute Gasteiger partial charge is 0.489 e. The number of amides is 3. The van der Waals surface area contributed by atoms with Gasteiger partial charge in [0.05, 0.1) is 6.54 Å². The zero-order valence-electron chi connectivity index (χ0n) is 21.4. The second-order valence-electron chi connectivity index (χ2n) is 11.4. The van der Waals surface area contributed by atoms with Crippen molar-refractivity contribution < 1.29 is 19.1 Å². The van der Waals surface area contributed by atoms with Crippen LogP contribution in [0.3, 0.4) is 0 Å². The van der Waals surface area contributed by atoms with Crippen LogP contribution in [0.15, 0.2) is 42.5 Å². The number of nitrogens with one attached hydrogen (secondary N) is 1. The number of imide groups is 1. The maximum Gasteiger partial charge on any atom is 0.255 e. The molecule has 1 atom stereocenters. The van der Waals surface area contributed by atoms with E-state index in [0.717, 1.165) is 30.8 Å². The molecule has 190 valence electrons. The van der Waals surface area contributed by atoms with Crippen molar-refractivity contribution in [2.75, 3.05) is 13.1 Å². The molecule has 2 fully saturated rings. The van der Waals surface area contributed by atoms with Crippen molar-refractivity contribution in [1.29, 1.82) is 0 Å². The maximum absolute atomic E-state index is 13.2. The molecule has 7 heteroatoms. The Kier molecular flexibility index (Phi) is 6.37. The number of carbonyl (C=O) groups is 3. The van der Waals surface area contributed by atoms with E-state index >= 15 is 0 Å². The third-order valence-corrected chi connectivity index (χ3v) is 8.13. The first-order valence-corrected chi connectivity index (χ1v) is 12.9. The minimum Gasteiger partial charge on any atom is -0.489 e. The van der Waals surface area contributed by atoms with Crippen LogP contribution in [0.4, 0.5) is 0 Å². The van der Waals surface area contributed by atoms with Gasteiger partial charge in [0.25, 0.3) is 11.8 Å². The van der Waals surface area contributed by atoms with Crippen molar-refractivity contribution in [2.45, 2.75) is 71.7 Å². The molecule has 0 saturated carbocycles. The molecule has 1 unspecified atom stereocenters. The molecule has 0 aromatic heterocycles. The molecule has 3 heterocycles. The van der Waals surface area contributed by atoms with Crippen LogP contribution in [0.2, 0.25) is 0 Å². The Hall–Kier alpha value is -3.19. The molecule has 2 aromatic carbocycles. The second kappa shape index (κ2) is 9.36. The van der Waals surface area contributed by atoms with Crippen molar-refractivity contribution >= 4 is 17.7 Å². The van der Waals surface area contributed by atoms with E-state index in [4.69, 9.17) is 4.74 Å². The third kappa shape index (κ3) is 4.76. The van der Waals surface area contributed by atoms with Crippen molar-refractivity contribution in [3.05, 3.63) is 64.7 Å². The number of rotatable bonds is 6.